The van der Waals surface area contributed by atoms with Crippen LogP contribution in [-0.4, -0.2) is 109 Å². The lowest BCUT2D eigenvalue weighted by Gasteiger charge is -2.64. The van der Waals surface area contributed by atoms with E-state index < -0.39 is 99.9 Å². The third-order valence-corrected chi connectivity index (χ3v) is 14.3. The van der Waals surface area contributed by atoms with Crippen molar-refractivity contribution in [1.29, 1.82) is 0 Å². The number of carbonyl (C=O) groups excluding carboxylic acids is 2. The molecule has 3 heterocycles. The van der Waals surface area contributed by atoms with E-state index in [2.05, 4.69) is 11.8 Å². The van der Waals surface area contributed by atoms with Crippen LogP contribution in [-0.2, 0) is 23.8 Å². The first kappa shape index (κ1) is 32.2. The van der Waals surface area contributed by atoms with Crippen LogP contribution >= 0.6 is 0 Å². The summed E-state index contributed by atoms with van der Waals surface area (Å²) >= 11 is 0. The number of rotatable bonds is 4. The first-order chi connectivity index (χ1) is 21.0. The van der Waals surface area contributed by atoms with Crippen molar-refractivity contribution in [3.8, 4) is 0 Å². The summed E-state index contributed by atoms with van der Waals surface area (Å²) in [4.78, 5) is 27.8. The summed E-state index contributed by atoms with van der Waals surface area (Å²) in [7, 11) is 0. The van der Waals surface area contributed by atoms with E-state index in [0.29, 0.717) is 31.7 Å². The van der Waals surface area contributed by atoms with E-state index in [0.717, 1.165) is 19.4 Å². The van der Waals surface area contributed by atoms with Gasteiger partial charge in [0.2, 0.25) is 5.79 Å². The molecule has 0 amide bonds. The Labute approximate surface area is 265 Å². The maximum absolute atomic E-state index is 13.4. The summed E-state index contributed by atoms with van der Waals surface area (Å²) in [5.41, 5.74) is -5.22. The molecule has 0 aromatic heterocycles. The first-order valence-electron chi connectivity index (χ1n) is 17.3. The fourth-order valence-corrected chi connectivity index (χ4v) is 12.3. The number of hydrogen-bond acceptors (Lipinski definition) is 11. The van der Waals surface area contributed by atoms with Crippen LogP contribution in [0.3, 0.4) is 0 Å². The average Bonchev–Trinajstić information content (AvgIpc) is 3.24. The Hall–Kier alpha value is -1.34. The van der Waals surface area contributed by atoms with Crippen LogP contribution in [0.2, 0.25) is 0 Å². The van der Waals surface area contributed by atoms with Crippen molar-refractivity contribution in [2.45, 2.75) is 140 Å². The quantitative estimate of drug-likeness (QED) is 0.283. The normalized spacial score (nSPS) is 57.2. The average molecular weight is 636 g/mol. The van der Waals surface area contributed by atoms with Gasteiger partial charge in [-0.25, -0.2) is 0 Å². The largest absolute Gasteiger partial charge is 0.457 e. The number of ether oxygens (including phenoxy) is 3. The van der Waals surface area contributed by atoms with Crippen LogP contribution in [0, 0.1) is 46.8 Å². The van der Waals surface area contributed by atoms with Crippen molar-refractivity contribution in [3.63, 3.8) is 0 Å². The highest BCUT2D eigenvalue weighted by atomic mass is 16.7. The highest BCUT2D eigenvalue weighted by Gasteiger charge is 2.87. The number of fused-ring (bicyclic) bond motifs is 5. The zero-order chi connectivity index (χ0) is 32.6. The molecule has 7 rings (SSSR count). The van der Waals surface area contributed by atoms with Gasteiger partial charge in [0.1, 0.15) is 5.60 Å². The number of aliphatic hydroxyl groups excluding tert-OH is 2. The van der Waals surface area contributed by atoms with Gasteiger partial charge in [0.25, 0.3) is 0 Å². The predicted octanol–water partition coefficient (Wildman–Crippen LogP) is 1.35. The third kappa shape index (κ3) is 3.95. The van der Waals surface area contributed by atoms with Crippen molar-refractivity contribution >= 4 is 11.9 Å². The fraction of sp³-hybridized carbons (Fsp3) is 0.941. The fourth-order valence-electron chi connectivity index (χ4n) is 12.3. The molecule has 7 aliphatic rings. The molecule has 11 nitrogen and oxygen atoms in total. The van der Waals surface area contributed by atoms with Gasteiger partial charge in [-0.3, -0.25) is 14.5 Å². The van der Waals surface area contributed by atoms with Gasteiger partial charge < -0.3 is 39.7 Å². The Morgan fingerprint density at radius 2 is 1.78 bits per heavy atom. The molecule has 7 fully saturated rings. The zero-order valence-electron chi connectivity index (χ0n) is 27.5. The molecule has 45 heavy (non-hydrogen) atoms. The minimum atomic E-state index is -1.91. The van der Waals surface area contributed by atoms with Gasteiger partial charge >= 0.3 is 11.9 Å². The van der Waals surface area contributed by atoms with E-state index in [4.69, 9.17) is 14.2 Å². The molecule has 0 radical (unpaired) electrons. The van der Waals surface area contributed by atoms with Crippen LogP contribution in [0.1, 0.15) is 86.5 Å². The lowest BCUT2D eigenvalue weighted by Crippen LogP contribution is -2.77. The Morgan fingerprint density at radius 3 is 2.44 bits per heavy atom. The number of carbonyl (C=O) groups is 2. The van der Waals surface area contributed by atoms with E-state index in [-0.39, 0.29) is 18.9 Å². The second kappa shape index (κ2) is 10.1. The van der Waals surface area contributed by atoms with Crippen molar-refractivity contribution in [2.24, 2.45) is 46.8 Å². The maximum atomic E-state index is 13.4. The smallest absolute Gasteiger partial charge is 0.309 e. The molecule has 17 atom stereocenters. The lowest BCUT2D eigenvalue weighted by molar-refractivity contribution is -0.299. The van der Waals surface area contributed by atoms with Crippen LogP contribution in [0.4, 0.5) is 0 Å². The van der Waals surface area contributed by atoms with Gasteiger partial charge in [0, 0.05) is 49.2 Å². The summed E-state index contributed by atoms with van der Waals surface area (Å²) < 4.78 is 18.6. The second-order valence-electron chi connectivity index (χ2n) is 16.6. The molecular formula is C34H53NO10. The van der Waals surface area contributed by atoms with Crippen molar-refractivity contribution in [1.82, 2.24) is 4.90 Å². The van der Waals surface area contributed by atoms with Gasteiger partial charge in [-0.1, -0.05) is 27.7 Å². The van der Waals surface area contributed by atoms with Crippen molar-refractivity contribution < 1.29 is 49.3 Å². The Kier molecular flexibility index (Phi) is 7.22. The van der Waals surface area contributed by atoms with Crippen LogP contribution < -0.4 is 0 Å². The van der Waals surface area contributed by atoms with Gasteiger partial charge in [0.15, 0.2) is 12.2 Å². The Bertz CT molecular complexity index is 1250. The molecule has 4 aliphatic carbocycles. The monoisotopic (exact) mass is 635 g/mol. The standard InChI is InChI=1S/C34H53NO10/c1-7-17(3)29(39)44-28-26(38)25-19(15-35-14-16(2)8-9-23(35)31(25,6)40)20-13-32-27(33(20,28)41)21(37)12-22-30(32,5)11-10-24(43-18(4)36)34(22,42)45-32/h16-17,19-28,37-38,40-42H,7-15H2,1-6H3/t16-,17?,19?,20?,21?,22?,23-,24-,25?,26+,27?,28-,30-,31?,32-,33-,34-/m0/s1. The molecule has 254 valence electrons. The van der Waals surface area contributed by atoms with Crippen LogP contribution in [0.15, 0.2) is 0 Å². The van der Waals surface area contributed by atoms with E-state index >= 15 is 0 Å². The molecule has 3 saturated heterocycles. The number of piperidine rings is 2. The summed E-state index contributed by atoms with van der Waals surface area (Å²) in [5, 5.41) is 62.1. The van der Waals surface area contributed by atoms with Gasteiger partial charge in [-0.15, -0.1) is 0 Å². The summed E-state index contributed by atoms with van der Waals surface area (Å²) in [6.45, 7) is 12.2. The van der Waals surface area contributed by atoms with Crippen molar-refractivity contribution in [3.05, 3.63) is 0 Å². The van der Waals surface area contributed by atoms with E-state index in [1.54, 1.807) is 13.8 Å². The maximum Gasteiger partial charge on any atom is 0.309 e. The molecule has 4 saturated carbocycles. The van der Waals surface area contributed by atoms with Crippen molar-refractivity contribution in [2.75, 3.05) is 13.1 Å². The molecule has 1 spiro atoms. The minimum Gasteiger partial charge on any atom is -0.457 e. The molecule has 3 aliphatic heterocycles. The third-order valence-electron chi connectivity index (χ3n) is 14.3. The zero-order valence-corrected chi connectivity index (χ0v) is 27.5. The van der Waals surface area contributed by atoms with Gasteiger partial charge in [0.05, 0.1) is 29.3 Å². The van der Waals surface area contributed by atoms with Crippen LogP contribution in [0.5, 0.6) is 0 Å². The van der Waals surface area contributed by atoms with E-state index in [1.165, 1.54) is 6.92 Å². The number of nitrogens with zero attached hydrogens (tertiary/aromatic N) is 1. The van der Waals surface area contributed by atoms with E-state index in [1.807, 2.05) is 13.8 Å². The first-order valence-corrected chi connectivity index (χ1v) is 17.3. The summed E-state index contributed by atoms with van der Waals surface area (Å²) in [6.07, 6.45) is -1.45. The molecular weight excluding hydrogens is 582 g/mol. The number of esters is 2. The van der Waals surface area contributed by atoms with Gasteiger partial charge in [-0.05, 0) is 69.6 Å². The molecule has 8 unspecified atom stereocenters. The molecule has 0 aromatic carbocycles. The molecule has 5 N–H and O–H groups in total. The molecule has 11 heteroatoms. The molecule has 0 aromatic rings. The number of aliphatic hydroxyl groups is 5. The second-order valence-corrected chi connectivity index (χ2v) is 16.6. The Balaban J connectivity index is 1.38. The molecule has 4 bridgehead atoms. The Morgan fingerprint density at radius 1 is 1.07 bits per heavy atom. The SMILES string of the molecule is CCC(C)C(=O)O[C@H]1[C@H](O)C2C(CN3C[C@@H](C)CC[C@H]3C2(C)O)C2C[C@]34O[C@@]5(O)C(CC(O)C3[C@@]21O)[C@]4(C)CC[C@@H]5OC(C)=O. The van der Waals surface area contributed by atoms with Crippen LogP contribution in [0.25, 0.3) is 0 Å². The number of hydrogen-bond donors (Lipinski definition) is 5. The van der Waals surface area contributed by atoms with Gasteiger partial charge in [-0.2, -0.15) is 0 Å². The topological polar surface area (TPSA) is 166 Å². The summed E-state index contributed by atoms with van der Waals surface area (Å²) in [5.74, 6) is -6.32. The lowest BCUT2D eigenvalue weighted by atomic mass is 9.49. The predicted molar refractivity (Wildman–Crippen MR) is 159 cm³/mol. The minimum absolute atomic E-state index is 0.0891. The highest BCUT2D eigenvalue weighted by Crippen LogP contribution is 2.77. The van der Waals surface area contributed by atoms with E-state index in [9.17, 15) is 35.1 Å². The summed E-state index contributed by atoms with van der Waals surface area (Å²) in [6, 6.07) is -0.191. The highest BCUT2D eigenvalue weighted by molar-refractivity contribution is 5.72.